The second-order valence-corrected chi connectivity index (χ2v) is 11.1. The van der Waals surface area contributed by atoms with E-state index in [0.29, 0.717) is 0 Å². The topological polar surface area (TPSA) is 10.1 Å². The standard InChI is InChI=1S/C38H35N3/c1-27-15-7-12-22-36(27)41(31-17-5-4-6-18-31)40-28(2)32-19-9-8-16-30(32)24-25-35-33-20-10-11-21-34(33)37-23-13-14-26-39(37)38(35)29(40)3/h4-23,26,35,38H,3,24-25H2,1-2H3/q+2. The highest BCUT2D eigenvalue weighted by Gasteiger charge is 2.48. The Hall–Kier alpha value is -4.76. The highest BCUT2D eigenvalue weighted by Crippen LogP contribution is 2.45. The number of pyridine rings is 1. The molecule has 7 rings (SSSR count). The second-order valence-electron chi connectivity index (χ2n) is 11.1. The molecular formula is C38H35N3+2. The number of fused-ring (bicyclic) bond motifs is 7. The minimum absolute atomic E-state index is 0.0422. The van der Waals surface area contributed by atoms with Gasteiger partial charge in [-0.15, -0.1) is 5.01 Å². The maximum atomic E-state index is 4.96. The van der Waals surface area contributed by atoms with Gasteiger partial charge in [-0.1, -0.05) is 77.5 Å². The molecule has 1 aromatic heterocycles. The molecule has 5 aromatic rings. The minimum atomic E-state index is 0.0422. The zero-order valence-electron chi connectivity index (χ0n) is 23.7. The number of rotatable bonds is 3. The maximum absolute atomic E-state index is 4.96. The summed E-state index contributed by atoms with van der Waals surface area (Å²) in [6.45, 7) is 9.41. The Morgan fingerprint density at radius 1 is 0.707 bits per heavy atom. The number of hydrazone groups is 1. The van der Waals surface area contributed by atoms with Crippen molar-refractivity contribution in [1.82, 2.24) is 0 Å². The fraction of sp³-hybridized carbons (Fsp3) is 0.158. The number of nitrogens with zero attached hydrogens (tertiary/aromatic N) is 3. The Bertz CT molecular complexity index is 1800. The molecule has 0 saturated carbocycles. The summed E-state index contributed by atoms with van der Waals surface area (Å²) < 4.78 is 4.86. The predicted molar refractivity (Wildman–Crippen MR) is 168 cm³/mol. The van der Waals surface area contributed by atoms with E-state index in [9.17, 15) is 0 Å². The zero-order valence-corrected chi connectivity index (χ0v) is 23.7. The van der Waals surface area contributed by atoms with Gasteiger partial charge in [0, 0.05) is 30.2 Å². The summed E-state index contributed by atoms with van der Waals surface area (Å²) in [7, 11) is 0. The first-order chi connectivity index (χ1) is 20.1. The van der Waals surface area contributed by atoms with Crippen molar-refractivity contribution < 1.29 is 9.25 Å². The van der Waals surface area contributed by atoms with Crippen molar-refractivity contribution in [3.8, 4) is 11.3 Å². The summed E-state index contributed by atoms with van der Waals surface area (Å²) in [4.78, 5) is 0. The van der Waals surface area contributed by atoms with Crippen LogP contribution in [0, 0.1) is 6.92 Å². The number of allylic oxidation sites excluding steroid dienone is 1. The van der Waals surface area contributed by atoms with E-state index >= 15 is 0 Å². The van der Waals surface area contributed by atoms with Crippen LogP contribution in [-0.4, -0.2) is 10.4 Å². The van der Waals surface area contributed by atoms with Crippen LogP contribution < -0.4 is 9.58 Å². The lowest BCUT2D eigenvalue weighted by atomic mass is 9.78. The first-order valence-electron chi connectivity index (χ1n) is 14.5. The number of hydrogen-bond donors (Lipinski definition) is 0. The summed E-state index contributed by atoms with van der Waals surface area (Å²) in [5, 5.41) is 2.37. The van der Waals surface area contributed by atoms with Gasteiger partial charge in [0.1, 0.15) is 11.4 Å². The zero-order chi connectivity index (χ0) is 27.9. The van der Waals surface area contributed by atoms with Crippen molar-refractivity contribution in [2.24, 2.45) is 0 Å². The number of hydrazine groups is 1. The molecule has 200 valence electrons. The van der Waals surface area contributed by atoms with Crippen LogP contribution in [0.4, 0.5) is 11.4 Å². The summed E-state index contributed by atoms with van der Waals surface area (Å²) in [5.74, 6) is 0.273. The molecule has 4 aromatic carbocycles. The van der Waals surface area contributed by atoms with Crippen LogP contribution in [0.25, 0.3) is 11.3 Å². The Morgan fingerprint density at radius 3 is 2.22 bits per heavy atom. The number of aryl methyl sites for hydroxylation is 2. The smallest absolute Gasteiger partial charge is 0.184 e. The van der Waals surface area contributed by atoms with E-state index in [1.54, 1.807) is 0 Å². The van der Waals surface area contributed by atoms with Crippen LogP contribution in [0.15, 0.2) is 140 Å². The van der Waals surface area contributed by atoms with Crippen molar-refractivity contribution in [3.63, 3.8) is 0 Å². The van der Waals surface area contributed by atoms with E-state index < -0.39 is 0 Å². The third-order valence-electron chi connectivity index (χ3n) is 8.81. The summed E-state index contributed by atoms with van der Waals surface area (Å²) in [5.41, 5.74) is 12.3. The molecule has 0 N–H and O–H groups in total. The van der Waals surface area contributed by atoms with Crippen LogP contribution in [0.2, 0.25) is 0 Å². The third-order valence-corrected chi connectivity index (χ3v) is 8.81. The van der Waals surface area contributed by atoms with Crippen molar-refractivity contribution in [2.75, 3.05) is 5.01 Å². The molecule has 3 heterocycles. The largest absolute Gasteiger partial charge is 0.274 e. The molecule has 0 bridgehead atoms. The van der Waals surface area contributed by atoms with Gasteiger partial charge in [-0.05, 0) is 79.4 Å². The molecule has 3 heteroatoms. The molecular weight excluding hydrogens is 498 g/mol. The summed E-state index contributed by atoms with van der Waals surface area (Å²) >= 11 is 0. The number of hydrogen-bond acceptors (Lipinski definition) is 1. The average Bonchev–Trinajstić information content (AvgIpc) is 3.06. The van der Waals surface area contributed by atoms with Gasteiger partial charge in [0.05, 0.1) is 5.92 Å². The van der Waals surface area contributed by atoms with Gasteiger partial charge in [-0.2, -0.15) is 4.57 Å². The number of anilines is 2. The lowest BCUT2D eigenvalue weighted by molar-refractivity contribution is -0.728. The molecule has 0 spiro atoms. The van der Waals surface area contributed by atoms with Crippen LogP contribution in [0.1, 0.15) is 47.6 Å². The Morgan fingerprint density at radius 2 is 1.39 bits per heavy atom. The van der Waals surface area contributed by atoms with E-state index in [1.165, 1.54) is 39.2 Å². The van der Waals surface area contributed by atoms with E-state index in [0.717, 1.165) is 29.9 Å². The van der Waals surface area contributed by atoms with Crippen LogP contribution in [0.3, 0.4) is 0 Å². The highest BCUT2D eigenvalue weighted by molar-refractivity contribution is 5.97. The Kier molecular flexibility index (Phi) is 6.36. The molecule has 41 heavy (non-hydrogen) atoms. The molecule has 2 unspecified atom stereocenters. The van der Waals surface area contributed by atoms with Gasteiger partial charge >= 0.3 is 0 Å². The summed E-state index contributed by atoms with van der Waals surface area (Å²) in [6, 6.07) is 43.8. The molecule has 0 aliphatic carbocycles. The van der Waals surface area contributed by atoms with E-state index in [4.69, 9.17) is 6.58 Å². The van der Waals surface area contributed by atoms with Crippen molar-refractivity contribution in [2.45, 2.75) is 38.6 Å². The van der Waals surface area contributed by atoms with Crippen LogP contribution in [-0.2, 0) is 6.42 Å². The molecule has 0 fully saturated rings. The Balaban J connectivity index is 1.55. The lowest BCUT2D eigenvalue weighted by Gasteiger charge is -2.31. The van der Waals surface area contributed by atoms with Gasteiger partial charge in [0.2, 0.25) is 11.4 Å². The van der Waals surface area contributed by atoms with Gasteiger partial charge in [-0.25, -0.2) is 0 Å². The predicted octanol–water partition coefficient (Wildman–Crippen LogP) is 8.32. The van der Waals surface area contributed by atoms with Gasteiger partial charge < -0.3 is 0 Å². The first-order valence-corrected chi connectivity index (χ1v) is 14.5. The van der Waals surface area contributed by atoms with Gasteiger partial charge in [0.15, 0.2) is 6.20 Å². The monoisotopic (exact) mass is 533 g/mol. The van der Waals surface area contributed by atoms with E-state index in [1.807, 2.05) is 0 Å². The van der Waals surface area contributed by atoms with Crippen molar-refractivity contribution >= 4 is 17.1 Å². The van der Waals surface area contributed by atoms with E-state index in [2.05, 4.69) is 156 Å². The number of benzene rings is 4. The maximum Gasteiger partial charge on any atom is 0.274 e. The average molecular weight is 534 g/mol. The number of para-hydroxylation sites is 2. The number of aromatic nitrogens is 1. The SMILES string of the molecule is C=C1C2C(CCc3ccccc3C(C)=[N+]1N(c1ccccc1)c1ccccc1C)c1ccccc1-c1cccc[n+]12. The molecule has 2 aliphatic rings. The minimum Gasteiger partial charge on any atom is -0.184 e. The molecule has 0 saturated heterocycles. The highest BCUT2D eigenvalue weighted by atomic mass is 15.6. The molecule has 3 nitrogen and oxygen atoms in total. The first kappa shape index (κ1) is 25.2. The van der Waals surface area contributed by atoms with Crippen LogP contribution in [0.5, 0.6) is 0 Å². The van der Waals surface area contributed by atoms with Crippen molar-refractivity contribution in [3.05, 3.63) is 162 Å². The third kappa shape index (κ3) is 4.20. The van der Waals surface area contributed by atoms with Gasteiger partial charge in [0.25, 0.3) is 11.7 Å². The Labute approximate surface area is 243 Å². The second kappa shape index (κ2) is 10.3. The molecule has 2 aliphatic heterocycles. The lowest BCUT2D eigenvalue weighted by Crippen LogP contribution is -2.51. The fourth-order valence-electron chi connectivity index (χ4n) is 6.92. The molecule has 0 amide bonds. The molecule has 0 radical (unpaired) electrons. The normalized spacial score (nSPS) is 17.8. The fourth-order valence-corrected chi connectivity index (χ4v) is 6.92. The van der Waals surface area contributed by atoms with Crippen molar-refractivity contribution in [1.29, 1.82) is 0 Å². The van der Waals surface area contributed by atoms with Gasteiger partial charge in [-0.3, -0.25) is 0 Å². The quantitative estimate of drug-likeness (QED) is 0.212. The summed E-state index contributed by atoms with van der Waals surface area (Å²) in [6.07, 6.45) is 4.28. The van der Waals surface area contributed by atoms with Crippen LogP contribution >= 0.6 is 0 Å². The van der Waals surface area contributed by atoms with E-state index in [-0.39, 0.29) is 12.0 Å². The molecule has 2 atom stereocenters.